The molecule has 0 saturated carbocycles. The van der Waals surface area contributed by atoms with Crippen LogP contribution in [0.2, 0.25) is 0 Å². The number of amides is 7. The third-order valence-corrected chi connectivity index (χ3v) is 22.5. The van der Waals surface area contributed by atoms with Gasteiger partial charge in [0.25, 0.3) is 35.4 Å². The zero-order valence-electron chi connectivity index (χ0n) is 88.4. The molecule has 0 aromatic heterocycles. The molecule has 6 aromatic rings. The van der Waals surface area contributed by atoms with Gasteiger partial charge < -0.3 is 68.2 Å². The Bertz CT molecular complexity index is 5250. The fraction of sp³-hybridized carbons (Fsp3) is 0.540. The van der Waals surface area contributed by atoms with Crippen molar-refractivity contribution >= 4 is 100 Å². The second-order valence-electron chi connectivity index (χ2n) is 42.9. The standard InChI is InChI=1S/C34H50BN3O7.C29H38BN3O5.C27H37BN2O5.C10H18O5.B.Na.H/c1-21-18-22(2)20-24(19-21)29(40)38(31(4,5)6)37-28(39)25-14-15-26(35-44-33(10,11)34(12,13)45-35)27(23(25)3)42-17-16-36-30(41)43-32(7,8)9;1-18-15-19(2)17-21(16-18)26(35)33(27(4,5)6)32-25(34)22-11-12-23(24(20(22)3)36-14-13-31)30-37-28(7,8)29(9,10)38-30;1-16-13-17(2)15-19(14-16)24(33)30(25(4,5)6)29-23(32)20-11-12-21(22(31)18(20)3)28-34-26(7,8)27(9,10)35-28;1-9(2,3)14-7(11)13-8(12)15-10(4,5)6;;;/h14-15,18-20H,16-17H2,1-13H3,(H,36,41)(H,37,39);11-12,15-17H,14H2,1-10H3,(H,32,34);11-15,31H,1-10H3,(H,29,32);1-6H3;;;/q;;;;;+1;-1. The molecule has 3 saturated heterocycles. The zero-order chi connectivity index (χ0) is 102. The number of benzene rings is 6. The molecule has 0 atom stereocenters. The Morgan fingerprint density at radius 1 is 0.393 bits per heavy atom. The minimum Gasteiger partial charge on any atom is -1.00 e. The summed E-state index contributed by atoms with van der Waals surface area (Å²) in [6.07, 6.45) is -2.67. The van der Waals surface area contributed by atoms with Crippen LogP contribution in [0.25, 0.3) is 0 Å². The van der Waals surface area contributed by atoms with Crippen molar-refractivity contribution in [1.29, 1.82) is 5.26 Å². The molecule has 0 spiro atoms. The smallest absolute Gasteiger partial charge is 1.00 e. The van der Waals surface area contributed by atoms with Crippen molar-refractivity contribution < 1.29 is 136 Å². The van der Waals surface area contributed by atoms with E-state index in [2.05, 4.69) is 26.3 Å². The monoisotopic (exact) mass is 1880 g/mol. The molecule has 3 fully saturated rings. The van der Waals surface area contributed by atoms with Crippen LogP contribution in [-0.4, -0.2) is 191 Å². The molecule has 0 unspecified atom stereocenters. The van der Waals surface area contributed by atoms with Gasteiger partial charge in [-0.2, -0.15) is 5.26 Å². The van der Waals surface area contributed by atoms with Gasteiger partial charge >= 0.3 is 69.3 Å². The topological polar surface area (TPSA) is 366 Å². The van der Waals surface area contributed by atoms with Crippen molar-refractivity contribution in [2.45, 2.75) is 337 Å². The molecule has 3 radical (unpaired) electrons. The van der Waals surface area contributed by atoms with E-state index in [0.717, 1.165) is 33.4 Å². The van der Waals surface area contributed by atoms with Crippen molar-refractivity contribution in [2.75, 3.05) is 19.8 Å². The van der Waals surface area contributed by atoms with Crippen LogP contribution in [0, 0.1) is 73.6 Å². The Morgan fingerprint density at radius 3 is 0.904 bits per heavy atom. The number of hydrogen-bond acceptors (Lipinski definition) is 23. The number of rotatable bonds is 15. The summed E-state index contributed by atoms with van der Waals surface area (Å²) in [6, 6.07) is 28.8. The maximum Gasteiger partial charge on any atom is 1.00 e. The number of carbonyl (C=O) groups excluding carboxylic acids is 9. The van der Waals surface area contributed by atoms with Crippen LogP contribution in [-0.2, 0) is 46.9 Å². The van der Waals surface area contributed by atoms with Crippen LogP contribution in [0.15, 0.2) is 91.0 Å². The van der Waals surface area contributed by atoms with Gasteiger partial charge in [0, 0.05) is 74.9 Å². The molecule has 0 aliphatic carbocycles. The van der Waals surface area contributed by atoms with Gasteiger partial charge in [0.2, 0.25) is 0 Å². The van der Waals surface area contributed by atoms with Gasteiger partial charge in [-0.15, -0.1) is 0 Å². The summed E-state index contributed by atoms with van der Waals surface area (Å²) in [6.45, 7) is 72.2. The van der Waals surface area contributed by atoms with Gasteiger partial charge in [-0.1, -0.05) is 69.8 Å². The van der Waals surface area contributed by atoms with E-state index in [4.69, 9.17) is 51.6 Å². The molecule has 3 heterocycles. The van der Waals surface area contributed by atoms with E-state index in [9.17, 15) is 53.5 Å². The Hall–Kier alpha value is -9.94. The summed E-state index contributed by atoms with van der Waals surface area (Å²) in [5.41, 5.74) is 12.0. The molecule has 3 aliphatic heterocycles. The first-order chi connectivity index (χ1) is 60.4. The number of phenolic OH excluding ortho intramolecular Hbond substituents is 1. The number of hydrazine groups is 3. The summed E-state index contributed by atoms with van der Waals surface area (Å²) in [5, 5.41) is 26.9. The molecule has 35 heteroatoms. The van der Waals surface area contributed by atoms with E-state index in [1.54, 1.807) is 144 Å². The molecular formula is C100H144B4N8NaO22. The number of aryl methyl sites for hydroxylation is 6. The Labute approximate surface area is 826 Å². The molecule has 729 valence electrons. The maximum atomic E-state index is 13.8. The molecule has 3 aliphatic rings. The molecular weight excluding hydrogens is 1730 g/mol. The van der Waals surface area contributed by atoms with Crippen molar-refractivity contribution in [1.82, 2.24) is 36.6 Å². The van der Waals surface area contributed by atoms with Gasteiger partial charge in [-0.05, 0) is 325 Å². The largest absolute Gasteiger partial charge is 1.00 e. The Kier molecular flexibility index (Phi) is 38.8. The Morgan fingerprint density at radius 2 is 0.644 bits per heavy atom. The second kappa shape index (κ2) is 44.7. The van der Waals surface area contributed by atoms with E-state index in [0.29, 0.717) is 72.4 Å². The van der Waals surface area contributed by atoms with E-state index >= 15 is 0 Å². The average Bonchev–Trinajstić information content (AvgIpc) is 1.63. The number of carbonyl (C=O) groups is 9. The normalized spacial score (nSPS) is 15.5. The molecule has 0 bridgehead atoms. The van der Waals surface area contributed by atoms with Crippen LogP contribution in [0.4, 0.5) is 14.4 Å². The van der Waals surface area contributed by atoms with Gasteiger partial charge in [0.05, 0.1) is 56.8 Å². The molecule has 135 heavy (non-hydrogen) atoms. The van der Waals surface area contributed by atoms with E-state index in [1.807, 2.05) is 223 Å². The first kappa shape index (κ1) is 117. The first-order valence-corrected chi connectivity index (χ1v) is 44.6. The van der Waals surface area contributed by atoms with Crippen molar-refractivity contribution in [3.8, 4) is 23.3 Å². The molecule has 6 aromatic carbocycles. The first-order valence-electron chi connectivity index (χ1n) is 44.6. The van der Waals surface area contributed by atoms with Crippen LogP contribution in [0.5, 0.6) is 17.2 Å². The fourth-order valence-electron chi connectivity index (χ4n) is 13.8. The van der Waals surface area contributed by atoms with E-state index in [1.165, 1.54) is 15.0 Å². The summed E-state index contributed by atoms with van der Waals surface area (Å²) in [5.74, 6) is -1.71. The molecule has 5 N–H and O–H groups in total. The van der Waals surface area contributed by atoms with Gasteiger partial charge in [0.15, 0.2) is 6.61 Å². The Balaban J connectivity index is 0.000000485. The number of aromatic hydroxyl groups is 1. The number of nitriles is 1. The number of hydrogen-bond donors (Lipinski definition) is 5. The minimum atomic E-state index is -1.06. The van der Waals surface area contributed by atoms with E-state index in [-0.39, 0.29) is 88.2 Å². The maximum absolute atomic E-state index is 13.8. The molecule has 7 amide bonds. The SMILES string of the molecule is CC(C)(C)OC(=O)OC(=O)OC(C)(C)C.Cc1cc(C)cc(C(=O)N(NC(=O)c2ccc(B3OC(C)(C)C(C)(C)O3)c(O)c2C)C(C)(C)C)c1.Cc1cc(C)cc(C(=O)N(NC(=O)c2ccc(B3OC(C)(C)C(C)(C)O3)c(OCC#N)c2C)C(C)(C)C)c1.Cc1cc(C)cc(C(=O)N(NC(=O)c2ccc(B3OC(C)(C)C(C)(C)O3)c(OCCNC(=O)OC(C)(C)C)c2C)C(C)(C)C)c1.[B].[H-].[Na+]. The fourth-order valence-corrected chi connectivity index (χ4v) is 13.8. The van der Waals surface area contributed by atoms with E-state index < -0.39 is 125 Å². The van der Waals surface area contributed by atoms with Crippen LogP contribution < -0.4 is 77.0 Å². The van der Waals surface area contributed by atoms with Gasteiger partial charge in [0.1, 0.15) is 46.7 Å². The quantitative estimate of drug-likeness (QED) is 0.0159. The summed E-state index contributed by atoms with van der Waals surface area (Å²) >= 11 is 0. The summed E-state index contributed by atoms with van der Waals surface area (Å²) in [4.78, 5) is 116. The third kappa shape index (κ3) is 31.5. The van der Waals surface area contributed by atoms with Crippen molar-refractivity contribution in [3.63, 3.8) is 0 Å². The predicted octanol–water partition coefficient (Wildman–Crippen LogP) is 13.6. The molecule has 30 nitrogen and oxygen atoms in total. The van der Waals surface area contributed by atoms with Crippen molar-refractivity contribution in [2.24, 2.45) is 0 Å². The predicted molar refractivity (Wildman–Crippen MR) is 522 cm³/mol. The number of alkyl carbamates (subject to hydrolysis) is 1. The van der Waals surface area contributed by atoms with Gasteiger partial charge in [-0.25, -0.2) is 29.4 Å². The number of nitrogens with zero attached hydrogens (tertiary/aromatic N) is 4. The number of ether oxygens (including phenoxy) is 6. The van der Waals surface area contributed by atoms with Crippen molar-refractivity contribution in [3.05, 3.63) is 174 Å². The number of phenols is 1. The second-order valence-corrected chi connectivity index (χ2v) is 42.9. The third-order valence-electron chi connectivity index (χ3n) is 22.5. The van der Waals surface area contributed by atoms with Crippen LogP contribution >= 0.6 is 0 Å². The number of nitrogens with one attached hydrogen (secondary N) is 4. The van der Waals surface area contributed by atoms with Crippen LogP contribution in [0.3, 0.4) is 0 Å². The molecule has 9 rings (SSSR count). The minimum absolute atomic E-state index is 0. The average molecular weight is 1880 g/mol. The van der Waals surface area contributed by atoms with Crippen LogP contribution in [0.1, 0.15) is 321 Å². The summed E-state index contributed by atoms with van der Waals surface area (Å²) in [7, 11) is -2.24. The summed E-state index contributed by atoms with van der Waals surface area (Å²) < 4.78 is 68.2. The van der Waals surface area contributed by atoms with Gasteiger partial charge in [-0.3, -0.25) is 45.0 Å². The zero-order valence-corrected chi connectivity index (χ0v) is 89.4.